The van der Waals surface area contributed by atoms with Crippen LogP contribution in [0.25, 0.3) is 33.3 Å². The smallest absolute Gasteiger partial charge is 0.0514 e. The number of nitrogens with one attached hydrogen (secondary N) is 1. The predicted molar refractivity (Wildman–Crippen MR) is 121 cm³/mol. The number of H-pyrrole nitrogens is 1. The number of hydrogen-bond donors (Lipinski definition) is 2. The number of aromatic nitrogens is 1. The van der Waals surface area contributed by atoms with Crippen LogP contribution >= 0.6 is 23.2 Å². The summed E-state index contributed by atoms with van der Waals surface area (Å²) in [7, 11) is 0. The monoisotopic (exact) mass is 408 g/mol. The SMILES string of the molecule is NCCCCc1c(-c2ccc(Cl)cc2Cl)[nH]c2ccc(-c3ccccc3)cc12. The van der Waals surface area contributed by atoms with Gasteiger partial charge in [-0.3, -0.25) is 0 Å². The summed E-state index contributed by atoms with van der Waals surface area (Å²) < 4.78 is 0. The summed E-state index contributed by atoms with van der Waals surface area (Å²) in [5, 5.41) is 2.53. The number of halogens is 2. The van der Waals surface area contributed by atoms with Crippen molar-refractivity contribution in [2.45, 2.75) is 19.3 Å². The Morgan fingerprint density at radius 2 is 1.64 bits per heavy atom. The Morgan fingerprint density at radius 1 is 0.821 bits per heavy atom. The Bertz CT molecular complexity index is 1100. The fourth-order valence-corrected chi connectivity index (χ4v) is 4.19. The standard InChI is InChI=1S/C24H22Cl2N2/c25-18-10-11-20(22(26)15-18)24-19(8-4-5-13-27)21-14-17(9-12-23(21)28-24)16-6-2-1-3-7-16/h1-3,6-7,9-12,14-15,28H,4-5,8,13,27H2. The van der Waals surface area contributed by atoms with Crippen molar-refractivity contribution < 1.29 is 0 Å². The van der Waals surface area contributed by atoms with Gasteiger partial charge in [-0.15, -0.1) is 0 Å². The molecular weight excluding hydrogens is 387 g/mol. The molecule has 0 saturated heterocycles. The minimum Gasteiger partial charge on any atom is -0.354 e. The lowest BCUT2D eigenvalue weighted by Gasteiger charge is -2.08. The molecule has 0 aliphatic rings. The summed E-state index contributed by atoms with van der Waals surface area (Å²) in [6, 6.07) is 22.7. The largest absolute Gasteiger partial charge is 0.354 e. The summed E-state index contributed by atoms with van der Waals surface area (Å²) >= 11 is 12.6. The molecule has 4 rings (SSSR count). The number of unbranched alkanes of at least 4 members (excludes halogenated alkanes) is 1. The molecule has 0 amide bonds. The first kappa shape index (κ1) is 19.1. The molecule has 28 heavy (non-hydrogen) atoms. The van der Waals surface area contributed by atoms with Crippen molar-refractivity contribution in [1.82, 2.24) is 4.98 Å². The van der Waals surface area contributed by atoms with E-state index >= 15 is 0 Å². The number of hydrogen-bond acceptors (Lipinski definition) is 1. The Kier molecular flexibility index (Phi) is 5.72. The summed E-state index contributed by atoms with van der Waals surface area (Å²) in [5.41, 5.74) is 12.6. The average Bonchev–Trinajstić information content (AvgIpc) is 3.06. The highest BCUT2D eigenvalue weighted by atomic mass is 35.5. The molecule has 0 spiro atoms. The second-order valence-corrected chi connectivity index (χ2v) is 7.82. The zero-order valence-electron chi connectivity index (χ0n) is 15.5. The highest BCUT2D eigenvalue weighted by Gasteiger charge is 2.16. The predicted octanol–water partition coefficient (Wildman–Crippen LogP) is 7.09. The fraction of sp³-hybridized carbons (Fsp3) is 0.167. The zero-order chi connectivity index (χ0) is 19.5. The molecule has 2 nitrogen and oxygen atoms in total. The second kappa shape index (κ2) is 8.40. The molecule has 0 aliphatic heterocycles. The molecule has 0 aliphatic carbocycles. The number of rotatable bonds is 6. The molecule has 3 aromatic carbocycles. The Morgan fingerprint density at radius 3 is 2.39 bits per heavy atom. The van der Waals surface area contributed by atoms with Crippen molar-refractivity contribution >= 4 is 34.1 Å². The van der Waals surface area contributed by atoms with Gasteiger partial charge in [0.25, 0.3) is 0 Å². The van der Waals surface area contributed by atoms with Gasteiger partial charge in [-0.2, -0.15) is 0 Å². The number of aryl methyl sites for hydroxylation is 1. The third-order valence-electron chi connectivity index (χ3n) is 5.09. The molecule has 0 saturated carbocycles. The van der Waals surface area contributed by atoms with Gasteiger partial charge in [0.05, 0.1) is 10.7 Å². The first-order valence-electron chi connectivity index (χ1n) is 9.53. The van der Waals surface area contributed by atoms with Crippen molar-refractivity contribution in [3.05, 3.63) is 82.3 Å². The van der Waals surface area contributed by atoms with E-state index < -0.39 is 0 Å². The van der Waals surface area contributed by atoms with Gasteiger partial charge in [0.2, 0.25) is 0 Å². The number of fused-ring (bicyclic) bond motifs is 1. The molecule has 0 bridgehead atoms. The van der Waals surface area contributed by atoms with Gasteiger partial charge in [-0.25, -0.2) is 0 Å². The van der Waals surface area contributed by atoms with Gasteiger partial charge >= 0.3 is 0 Å². The van der Waals surface area contributed by atoms with E-state index in [0.717, 1.165) is 36.0 Å². The molecular formula is C24H22Cl2N2. The van der Waals surface area contributed by atoms with Gasteiger partial charge in [0.15, 0.2) is 0 Å². The summed E-state index contributed by atoms with van der Waals surface area (Å²) in [6.45, 7) is 0.703. The molecule has 3 N–H and O–H groups in total. The van der Waals surface area contributed by atoms with Crippen molar-refractivity contribution in [3.8, 4) is 22.4 Å². The van der Waals surface area contributed by atoms with E-state index in [1.807, 2.05) is 18.2 Å². The number of aromatic amines is 1. The molecule has 0 unspecified atom stereocenters. The van der Waals surface area contributed by atoms with Crippen molar-refractivity contribution in [2.75, 3.05) is 6.54 Å². The molecule has 4 heteroatoms. The first-order valence-corrected chi connectivity index (χ1v) is 10.3. The minimum absolute atomic E-state index is 0.640. The van der Waals surface area contributed by atoms with Gasteiger partial charge in [0.1, 0.15) is 0 Å². The molecule has 4 aromatic rings. The summed E-state index contributed by atoms with van der Waals surface area (Å²) in [6.07, 6.45) is 2.99. The highest BCUT2D eigenvalue weighted by molar-refractivity contribution is 6.36. The van der Waals surface area contributed by atoms with Gasteiger partial charge in [0, 0.05) is 21.5 Å². The van der Waals surface area contributed by atoms with Crippen LogP contribution in [0.5, 0.6) is 0 Å². The van der Waals surface area contributed by atoms with E-state index in [0.29, 0.717) is 16.6 Å². The molecule has 0 atom stereocenters. The van der Waals surface area contributed by atoms with Crippen LogP contribution in [0.4, 0.5) is 0 Å². The molecule has 0 fully saturated rings. The quantitative estimate of drug-likeness (QED) is 0.328. The first-order chi connectivity index (χ1) is 13.7. The van der Waals surface area contributed by atoms with E-state index in [4.69, 9.17) is 28.9 Å². The van der Waals surface area contributed by atoms with Gasteiger partial charge in [-0.1, -0.05) is 59.6 Å². The zero-order valence-corrected chi connectivity index (χ0v) is 17.0. The van der Waals surface area contributed by atoms with Gasteiger partial charge in [-0.05, 0) is 72.8 Å². The van der Waals surface area contributed by atoms with Crippen molar-refractivity contribution in [1.29, 1.82) is 0 Å². The highest BCUT2D eigenvalue weighted by Crippen LogP contribution is 2.37. The third kappa shape index (κ3) is 3.81. The maximum Gasteiger partial charge on any atom is 0.0514 e. The Hall–Kier alpha value is -2.26. The van der Waals surface area contributed by atoms with Crippen LogP contribution in [0.2, 0.25) is 10.0 Å². The normalized spacial score (nSPS) is 11.2. The maximum atomic E-state index is 6.53. The summed E-state index contributed by atoms with van der Waals surface area (Å²) in [4.78, 5) is 3.59. The second-order valence-electron chi connectivity index (χ2n) is 6.97. The topological polar surface area (TPSA) is 41.8 Å². The van der Waals surface area contributed by atoms with Crippen LogP contribution in [-0.4, -0.2) is 11.5 Å². The molecule has 1 aromatic heterocycles. The van der Waals surface area contributed by atoms with Crippen LogP contribution in [0.1, 0.15) is 18.4 Å². The molecule has 0 radical (unpaired) electrons. The van der Waals surface area contributed by atoms with E-state index in [1.165, 1.54) is 22.1 Å². The average molecular weight is 409 g/mol. The van der Waals surface area contributed by atoms with E-state index in [-0.39, 0.29) is 0 Å². The fourth-order valence-electron chi connectivity index (χ4n) is 3.69. The number of benzene rings is 3. The van der Waals surface area contributed by atoms with Crippen molar-refractivity contribution in [2.24, 2.45) is 5.73 Å². The van der Waals surface area contributed by atoms with E-state index in [2.05, 4.69) is 47.4 Å². The van der Waals surface area contributed by atoms with Crippen molar-refractivity contribution in [3.63, 3.8) is 0 Å². The lowest BCUT2D eigenvalue weighted by molar-refractivity contribution is 0.748. The van der Waals surface area contributed by atoms with E-state index in [1.54, 1.807) is 6.07 Å². The third-order valence-corrected chi connectivity index (χ3v) is 5.64. The summed E-state index contributed by atoms with van der Waals surface area (Å²) in [5.74, 6) is 0. The van der Waals surface area contributed by atoms with Crippen LogP contribution in [0, 0.1) is 0 Å². The lowest BCUT2D eigenvalue weighted by atomic mass is 9.97. The van der Waals surface area contributed by atoms with Crippen LogP contribution in [-0.2, 0) is 6.42 Å². The maximum absolute atomic E-state index is 6.53. The van der Waals surface area contributed by atoms with Gasteiger partial charge < -0.3 is 10.7 Å². The number of nitrogens with two attached hydrogens (primary N) is 1. The van der Waals surface area contributed by atoms with Crippen LogP contribution in [0.3, 0.4) is 0 Å². The van der Waals surface area contributed by atoms with Crippen LogP contribution < -0.4 is 5.73 Å². The van der Waals surface area contributed by atoms with E-state index in [9.17, 15) is 0 Å². The minimum atomic E-state index is 0.640. The molecule has 1 heterocycles. The molecule has 142 valence electrons. The van der Waals surface area contributed by atoms with Crippen LogP contribution in [0.15, 0.2) is 66.7 Å². The lowest BCUT2D eigenvalue weighted by Crippen LogP contribution is -1.99. The Labute approximate surface area is 175 Å². The Balaban J connectivity index is 1.87.